The molecule has 1 amide bonds. The van der Waals surface area contributed by atoms with Gasteiger partial charge in [0.25, 0.3) is 11.6 Å². The van der Waals surface area contributed by atoms with Gasteiger partial charge in [-0.15, -0.1) is 0 Å². The molecule has 0 atom stereocenters. The molecule has 0 radical (unpaired) electrons. The molecule has 2 saturated carbocycles. The van der Waals surface area contributed by atoms with Gasteiger partial charge in [-0.05, 0) is 49.1 Å². The standard InChI is InChI=1S/C14H15ClN2O3/c15-11-7-9(1-4-12(11)17(19)20)13(18)16-8-14(5-6-14)10-2-3-10/h1,4,7,10H,2-3,5-6,8H2,(H,16,18). The van der Waals surface area contributed by atoms with Gasteiger partial charge in [0, 0.05) is 18.2 Å². The van der Waals surface area contributed by atoms with Gasteiger partial charge in [0.15, 0.2) is 0 Å². The zero-order valence-corrected chi connectivity index (χ0v) is 11.7. The molecule has 3 rings (SSSR count). The summed E-state index contributed by atoms with van der Waals surface area (Å²) < 4.78 is 0. The first-order valence-corrected chi connectivity index (χ1v) is 7.12. The van der Waals surface area contributed by atoms with E-state index in [0.717, 1.165) is 5.92 Å². The Morgan fingerprint density at radius 3 is 2.65 bits per heavy atom. The molecule has 0 aromatic heterocycles. The predicted octanol–water partition coefficient (Wildman–Crippen LogP) is 3.17. The Morgan fingerprint density at radius 2 is 2.15 bits per heavy atom. The highest BCUT2D eigenvalue weighted by molar-refractivity contribution is 6.33. The number of nitrogens with one attached hydrogen (secondary N) is 1. The quantitative estimate of drug-likeness (QED) is 0.669. The number of amides is 1. The van der Waals surface area contributed by atoms with Gasteiger partial charge in [-0.2, -0.15) is 0 Å². The van der Waals surface area contributed by atoms with Crippen LogP contribution in [0.2, 0.25) is 5.02 Å². The zero-order chi connectivity index (χ0) is 14.3. The highest BCUT2D eigenvalue weighted by Crippen LogP contribution is 2.60. The second-order valence-corrected chi connectivity index (χ2v) is 6.15. The lowest BCUT2D eigenvalue weighted by Crippen LogP contribution is -2.31. The smallest absolute Gasteiger partial charge is 0.287 e. The van der Waals surface area contributed by atoms with Gasteiger partial charge < -0.3 is 5.32 Å². The van der Waals surface area contributed by atoms with Gasteiger partial charge in [-0.3, -0.25) is 14.9 Å². The Balaban J connectivity index is 1.65. The molecular weight excluding hydrogens is 280 g/mol. The third-order valence-corrected chi connectivity index (χ3v) is 4.65. The van der Waals surface area contributed by atoms with E-state index in [2.05, 4.69) is 5.32 Å². The predicted molar refractivity (Wildman–Crippen MR) is 74.8 cm³/mol. The molecule has 20 heavy (non-hydrogen) atoms. The second kappa shape index (κ2) is 4.74. The van der Waals surface area contributed by atoms with Crippen LogP contribution in [0, 0.1) is 21.4 Å². The summed E-state index contributed by atoms with van der Waals surface area (Å²) in [6.07, 6.45) is 4.94. The van der Waals surface area contributed by atoms with Crippen molar-refractivity contribution in [3.63, 3.8) is 0 Å². The second-order valence-electron chi connectivity index (χ2n) is 5.74. The number of rotatable bonds is 5. The molecule has 1 aromatic rings. The van der Waals surface area contributed by atoms with Crippen molar-refractivity contribution in [2.24, 2.45) is 11.3 Å². The lowest BCUT2D eigenvalue weighted by atomic mass is 10.0. The number of nitrogens with zero attached hydrogens (tertiary/aromatic N) is 1. The lowest BCUT2D eigenvalue weighted by molar-refractivity contribution is -0.384. The molecule has 6 heteroatoms. The fourth-order valence-corrected chi connectivity index (χ4v) is 2.99. The highest BCUT2D eigenvalue weighted by Gasteiger charge is 2.53. The highest BCUT2D eigenvalue weighted by atomic mass is 35.5. The van der Waals surface area contributed by atoms with E-state index in [4.69, 9.17) is 11.6 Å². The molecule has 0 bridgehead atoms. The molecule has 0 heterocycles. The van der Waals surface area contributed by atoms with Crippen LogP contribution in [0.4, 0.5) is 5.69 Å². The number of hydrogen-bond acceptors (Lipinski definition) is 3. The lowest BCUT2D eigenvalue weighted by Gasteiger charge is -2.15. The summed E-state index contributed by atoms with van der Waals surface area (Å²) in [4.78, 5) is 22.2. The van der Waals surface area contributed by atoms with Gasteiger partial charge >= 0.3 is 0 Å². The van der Waals surface area contributed by atoms with Gasteiger partial charge in [0.2, 0.25) is 0 Å². The molecule has 1 aromatic carbocycles. The monoisotopic (exact) mass is 294 g/mol. The molecule has 0 aliphatic heterocycles. The van der Waals surface area contributed by atoms with E-state index < -0.39 is 4.92 Å². The Morgan fingerprint density at radius 1 is 1.45 bits per heavy atom. The third-order valence-electron chi connectivity index (χ3n) is 4.34. The molecule has 0 spiro atoms. The van der Waals surface area contributed by atoms with Crippen molar-refractivity contribution in [3.05, 3.63) is 38.9 Å². The van der Waals surface area contributed by atoms with Crippen LogP contribution < -0.4 is 5.32 Å². The number of halogens is 1. The first-order chi connectivity index (χ1) is 9.52. The fraction of sp³-hybridized carbons (Fsp3) is 0.500. The van der Waals surface area contributed by atoms with Crippen molar-refractivity contribution in [2.45, 2.75) is 25.7 Å². The van der Waals surface area contributed by atoms with E-state index in [1.54, 1.807) is 0 Å². The van der Waals surface area contributed by atoms with Crippen LogP contribution >= 0.6 is 11.6 Å². The van der Waals surface area contributed by atoms with Gasteiger partial charge in [-0.1, -0.05) is 11.6 Å². The Kier molecular flexibility index (Phi) is 3.17. The van der Waals surface area contributed by atoms with E-state index in [0.29, 0.717) is 17.5 Å². The molecule has 2 aliphatic carbocycles. The first-order valence-electron chi connectivity index (χ1n) is 6.74. The Hall–Kier alpha value is -1.62. The summed E-state index contributed by atoms with van der Waals surface area (Å²) in [6.45, 7) is 0.700. The van der Waals surface area contributed by atoms with Crippen molar-refractivity contribution < 1.29 is 9.72 Å². The van der Waals surface area contributed by atoms with Gasteiger partial charge in [-0.25, -0.2) is 0 Å². The molecule has 1 N–H and O–H groups in total. The number of nitro benzene ring substituents is 1. The minimum absolute atomic E-state index is 0.00835. The minimum Gasteiger partial charge on any atom is -0.351 e. The molecule has 5 nitrogen and oxygen atoms in total. The van der Waals surface area contributed by atoms with E-state index in [1.165, 1.54) is 43.9 Å². The number of carbonyl (C=O) groups is 1. The summed E-state index contributed by atoms with van der Waals surface area (Å²) >= 11 is 5.81. The maximum atomic E-state index is 12.1. The average molecular weight is 295 g/mol. The van der Waals surface area contributed by atoms with Crippen LogP contribution in [0.3, 0.4) is 0 Å². The maximum Gasteiger partial charge on any atom is 0.287 e. The average Bonchev–Trinajstić information content (AvgIpc) is 3.27. The normalized spacial score (nSPS) is 19.4. The first kappa shape index (κ1) is 13.4. The summed E-state index contributed by atoms with van der Waals surface area (Å²) in [7, 11) is 0. The summed E-state index contributed by atoms with van der Waals surface area (Å²) in [5.41, 5.74) is 0.521. The third kappa shape index (κ3) is 2.50. The summed E-state index contributed by atoms with van der Waals surface area (Å²) in [5, 5.41) is 13.6. The Bertz CT molecular complexity index is 580. The number of hydrogen-bond donors (Lipinski definition) is 1. The molecule has 0 saturated heterocycles. The molecule has 0 unspecified atom stereocenters. The van der Waals surface area contributed by atoms with E-state index >= 15 is 0 Å². The minimum atomic E-state index is -0.559. The van der Waals surface area contributed by atoms with Gasteiger partial charge in [0.05, 0.1) is 4.92 Å². The van der Waals surface area contributed by atoms with E-state index in [-0.39, 0.29) is 16.6 Å². The number of nitro groups is 1. The fourth-order valence-electron chi connectivity index (χ4n) is 2.74. The molecule has 2 aliphatic rings. The van der Waals surface area contributed by atoms with Crippen molar-refractivity contribution in [1.29, 1.82) is 0 Å². The molecule has 2 fully saturated rings. The van der Waals surface area contributed by atoms with Crippen molar-refractivity contribution in [2.75, 3.05) is 6.54 Å². The largest absolute Gasteiger partial charge is 0.351 e. The number of benzene rings is 1. The summed E-state index contributed by atoms with van der Waals surface area (Å²) in [5.74, 6) is 0.567. The van der Waals surface area contributed by atoms with E-state index in [9.17, 15) is 14.9 Å². The molecular formula is C14H15ClN2O3. The maximum absolute atomic E-state index is 12.1. The zero-order valence-electron chi connectivity index (χ0n) is 10.9. The summed E-state index contributed by atoms with van der Waals surface area (Å²) in [6, 6.07) is 4.06. The number of carbonyl (C=O) groups excluding carboxylic acids is 1. The topological polar surface area (TPSA) is 72.2 Å². The van der Waals surface area contributed by atoms with Crippen LogP contribution in [0.5, 0.6) is 0 Å². The van der Waals surface area contributed by atoms with Crippen LogP contribution in [0.15, 0.2) is 18.2 Å². The van der Waals surface area contributed by atoms with Crippen LogP contribution in [0.25, 0.3) is 0 Å². The molecule has 106 valence electrons. The van der Waals surface area contributed by atoms with Crippen LogP contribution in [-0.4, -0.2) is 17.4 Å². The Labute approximate surface area is 121 Å². The van der Waals surface area contributed by atoms with Gasteiger partial charge in [0.1, 0.15) is 5.02 Å². The van der Waals surface area contributed by atoms with Crippen molar-refractivity contribution in [1.82, 2.24) is 5.32 Å². The van der Waals surface area contributed by atoms with Crippen LogP contribution in [0.1, 0.15) is 36.0 Å². The van der Waals surface area contributed by atoms with Crippen molar-refractivity contribution >= 4 is 23.2 Å². The SMILES string of the molecule is O=C(NCC1(C2CC2)CC1)c1ccc([N+](=O)[O-])c(Cl)c1. The van der Waals surface area contributed by atoms with E-state index in [1.807, 2.05) is 0 Å². The van der Waals surface area contributed by atoms with Crippen molar-refractivity contribution in [3.8, 4) is 0 Å². The van der Waals surface area contributed by atoms with Crippen LogP contribution in [-0.2, 0) is 0 Å².